The SMILES string of the molecule is COC1=CCC(Cc2c(C)nc(CN(C)C)nc2C(C)(C)C)C=C1. The second-order valence-electron chi connectivity index (χ2n) is 7.91. The molecule has 1 aliphatic rings. The van der Waals surface area contributed by atoms with Crippen molar-refractivity contribution in [3.8, 4) is 0 Å². The van der Waals surface area contributed by atoms with E-state index in [1.807, 2.05) is 0 Å². The second kappa shape index (κ2) is 7.47. The van der Waals surface area contributed by atoms with Gasteiger partial charge in [0, 0.05) is 11.1 Å². The Hall–Kier alpha value is -1.68. The lowest BCUT2D eigenvalue weighted by atomic mass is 9.83. The largest absolute Gasteiger partial charge is 0.497 e. The molecule has 1 aromatic heterocycles. The fourth-order valence-corrected chi connectivity index (χ4v) is 3.08. The number of methoxy groups -OCH3 is 1. The van der Waals surface area contributed by atoms with E-state index in [4.69, 9.17) is 14.7 Å². The molecule has 0 amide bonds. The van der Waals surface area contributed by atoms with Crippen LogP contribution in [0.3, 0.4) is 0 Å². The van der Waals surface area contributed by atoms with E-state index in [-0.39, 0.29) is 5.41 Å². The minimum Gasteiger partial charge on any atom is -0.497 e. The molecule has 2 rings (SSSR count). The molecule has 0 aromatic carbocycles. The molecule has 1 aliphatic carbocycles. The molecule has 0 fully saturated rings. The summed E-state index contributed by atoms with van der Waals surface area (Å²) in [5.41, 5.74) is 3.60. The van der Waals surface area contributed by atoms with Crippen LogP contribution in [0.5, 0.6) is 0 Å². The molecule has 0 radical (unpaired) electrons. The summed E-state index contributed by atoms with van der Waals surface area (Å²) in [5, 5.41) is 0. The summed E-state index contributed by atoms with van der Waals surface area (Å²) < 4.78 is 5.29. The minimum absolute atomic E-state index is 0.00993. The number of rotatable bonds is 5. The molecule has 0 saturated heterocycles. The molecule has 4 nitrogen and oxygen atoms in total. The van der Waals surface area contributed by atoms with Gasteiger partial charge < -0.3 is 9.64 Å². The Morgan fingerprint density at radius 3 is 2.46 bits per heavy atom. The molecule has 1 unspecified atom stereocenters. The third-order valence-electron chi connectivity index (χ3n) is 4.28. The van der Waals surface area contributed by atoms with Gasteiger partial charge in [-0.25, -0.2) is 9.97 Å². The lowest BCUT2D eigenvalue weighted by molar-refractivity contribution is 0.301. The third kappa shape index (κ3) is 4.67. The number of aryl methyl sites for hydroxylation is 1. The lowest BCUT2D eigenvalue weighted by Gasteiger charge is -2.26. The van der Waals surface area contributed by atoms with Crippen molar-refractivity contribution in [2.45, 2.75) is 52.5 Å². The van der Waals surface area contributed by atoms with Crippen molar-refractivity contribution in [3.63, 3.8) is 0 Å². The van der Waals surface area contributed by atoms with Crippen molar-refractivity contribution in [1.82, 2.24) is 14.9 Å². The van der Waals surface area contributed by atoms with Crippen LogP contribution < -0.4 is 0 Å². The van der Waals surface area contributed by atoms with E-state index in [9.17, 15) is 0 Å². The average Bonchev–Trinajstić information content (AvgIpc) is 2.48. The maximum atomic E-state index is 5.29. The summed E-state index contributed by atoms with van der Waals surface area (Å²) in [4.78, 5) is 11.8. The number of ether oxygens (including phenoxy) is 1. The Morgan fingerprint density at radius 2 is 1.96 bits per heavy atom. The van der Waals surface area contributed by atoms with E-state index in [0.29, 0.717) is 5.92 Å². The van der Waals surface area contributed by atoms with Crippen LogP contribution >= 0.6 is 0 Å². The maximum absolute atomic E-state index is 5.29. The minimum atomic E-state index is 0.00993. The molecule has 0 aliphatic heterocycles. The quantitative estimate of drug-likeness (QED) is 0.824. The van der Waals surface area contributed by atoms with Crippen LogP contribution in [-0.2, 0) is 23.1 Å². The molecule has 1 atom stereocenters. The number of hydrogen-bond acceptors (Lipinski definition) is 4. The van der Waals surface area contributed by atoms with Gasteiger partial charge in [-0.3, -0.25) is 0 Å². The van der Waals surface area contributed by atoms with Gasteiger partial charge in [0.1, 0.15) is 11.6 Å². The number of allylic oxidation sites excluding steroid dienone is 3. The Bertz CT molecular complexity index is 639. The van der Waals surface area contributed by atoms with E-state index in [0.717, 1.165) is 36.7 Å². The van der Waals surface area contributed by atoms with Crippen LogP contribution in [0, 0.1) is 12.8 Å². The topological polar surface area (TPSA) is 38.2 Å². The summed E-state index contributed by atoms with van der Waals surface area (Å²) in [7, 11) is 5.82. The predicted octanol–water partition coefficient (Wildman–Crippen LogP) is 3.79. The van der Waals surface area contributed by atoms with E-state index >= 15 is 0 Å². The van der Waals surface area contributed by atoms with Gasteiger partial charge in [-0.2, -0.15) is 0 Å². The summed E-state index contributed by atoms with van der Waals surface area (Å²) in [6.45, 7) is 9.59. The van der Waals surface area contributed by atoms with Crippen molar-refractivity contribution in [3.05, 3.63) is 46.8 Å². The molecule has 24 heavy (non-hydrogen) atoms. The molecule has 4 heteroatoms. The highest BCUT2D eigenvalue weighted by molar-refractivity contribution is 5.32. The first-order valence-electron chi connectivity index (χ1n) is 8.64. The molecule has 132 valence electrons. The van der Waals surface area contributed by atoms with Crippen LogP contribution in [-0.4, -0.2) is 36.1 Å². The van der Waals surface area contributed by atoms with Gasteiger partial charge in [-0.15, -0.1) is 0 Å². The lowest BCUT2D eigenvalue weighted by Crippen LogP contribution is -2.23. The normalized spacial score (nSPS) is 18.0. The van der Waals surface area contributed by atoms with Gasteiger partial charge >= 0.3 is 0 Å². The van der Waals surface area contributed by atoms with Gasteiger partial charge in [-0.1, -0.05) is 26.8 Å². The van der Waals surface area contributed by atoms with E-state index < -0.39 is 0 Å². The predicted molar refractivity (Wildman–Crippen MR) is 98.9 cm³/mol. The van der Waals surface area contributed by atoms with Crippen LogP contribution in [0.1, 0.15) is 50.0 Å². The molecule has 1 heterocycles. The van der Waals surface area contributed by atoms with E-state index in [1.54, 1.807) is 7.11 Å². The number of aromatic nitrogens is 2. The Balaban J connectivity index is 2.32. The number of nitrogens with zero attached hydrogens (tertiary/aromatic N) is 3. The van der Waals surface area contributed by atoms with Gasteiger partial charge in [-0.05, 0) is 57.5 Å². The monoisotopic (exact) mass is 329 g/mol. The fourth-order valence-electron chi connectivity index (χ4n) is 3.08. The van der Waals surface area contributed by atoms with Crippen LogP contribution in [0.25, 0.3) is 0 Å². The Morgan fingerprint density at radius 1 is 1.25 bits per heavy atom. The highest BCUT2D eigenvalue weighted by Crippen LogP contribution is 2.30. The zero-order valence-corrected chi connectivity index (χ0v) is 16.2. The van der Waals surface area contributed by atoms with Crippen LogP contribution in [0.4, 0.5) is 0 Å². The zero-order chi connectivity index (χ0) is 17.9. The molecular weight excluding hydrogens is 298 g/mol. The summed E-state index contributed by atoms with van der Waals surface area (Å²) in [6.07, 6.45) is 8.46. The summed E-state index contributed by atoms with van der Waals surface area (Å²) in [6, 6.07) is 0. The molecule has 0 saturated carbocycles. The van der Waals surface area contributed by atoms with Crippen molar-refractivity contribution in [1.29, 1.82) is 0 Å². The maximum Gasteiger partial charge on any atom is 0.142 e. The van der Waals surface area contributed by atoms with E-state index in [1.165, 1.54) is 11.3 Å². The van der Waals surface area contributed by atoms with Crippen molar-refractivity contribution < 1.29 is 4.74 Å². The van der Waals surface area contributed by atoms with Crippen LogP contribution in [0.15, 0.2) is 24.0 Å². The Labute approximate surface area is 146 Å². The first-order chi connectivity index (χ1) is 11.2. The average molecular weight is 329 g/mol. The van der Waals surface area contributed by atoms with E-state index in [2.05, 4.69) is 64.9 Å². The highest BCUT2D eigenvalue weighted by Gasteiger charge is 2.25. The summed E-state index contributed by atoms with van der Waals surface area (Å²) >= 11 is 0. The zero-order valence-electron chi connectivity index (χ0n) is 16.2. The molecule has 0 N–H and O–H groups in total. The Kier molecular flexibility index (Phi) is 5.81. The van der Waals surface area contributed by atoms with Gasteiger partial charge in [0.25, 0.3) is 0 Å². The molecule has 0 spiro atoms. The molecule has 0 bridgehead atoms. The second-order valence-corrected chi connectivity index (χ2v) is 7.91. The first kappa shape index (κ1) is 18.7. The van der Waals surface area contributed by atoms with Gasteiger partial charge in [0.15, 0.2) is 0 Å². The fraction of sp³-hybridized carbons (Fsp3) is 0.600. The standard InChI is InChI=1S/C20H31N3O/c1-14-17(12-15-8-10-16(24-7)11-9-15)19(20(2,3)4)22-18(21-14)13-23(5)6/h8,10-11,15H,9,12-13H2,1-7H3. The molecule has 1 aromatic rings. The third-order valence-corrected chi connectivity index (χ3v) is 4.28. The van der Waals surface area contributed by atoms with Crippen molar-refractivity contribution in [2.75, 3.05) is 21.2 Å². The van der Waals surface area contributed by atoms with Crippen LogP contribution in [0.2, 0.25) is 0 Å². The number of hydrogen-bond donors (Lipinski definition) is 0. The smallest absolute Gasteiger partial charge is 0.142 e. The van der Waals surface area contributed by atoms with Gasteiger partial charge in [0.05, 0.1) is 19.3 Å². The van der Waals surface area contributed by atoms with Crippen molar-refractivity contribution >= 4 is 0 Å². The summed E-state index contributed by atoms with van der Waals surface area (Å²) in [5.74, 6) is 2.34. The first-order valence-corrected chi connectivity index (χ1v) is 8.64. The molecular formula is C20H31N3O. The van der Waals surface area contributed by atoms with Crippen molar-refractivity contribution in [2.24, 2.45) is 5.92 Å². The van der Waals surface area contributed by atoms with Gasteiger partial charge in [0.2, 0.25) is 0 Å². The highest BCUT2D eigenvalue weighted by atomic mass is 16.5.